The summed E-state index contributed by atoms with van der Waals surface area (Å²) in [7, 11) is 0. The minimum absolute atomic E-state index is 0.139. The summed E-state index contributed by atoms with van der Waals surface area (Å²) in [6, 6.07) is 14.6. The summed E-state index contributed by atoms with van der Waals surface area (Å²) in [5, 5.41) is 3.45. The van der Waals surface area contributed by atoms with Crippen molar-refractivity contribution in [2.75, 3.05) is 11.1 Å². The van der Waals surface area contributed by atoms with E-state index >= 15 is 0 Å². The molecule has 2 nitrogen and oxygen atoms in total. The summed E-state index contributed by atoms with van der Waals surface area (Å²) >= 11 is 7.49. The fourth-order valence-corrected chi connectivity index (χ4v) is 2.67. The summed E-state index contributed by atoms with van der Waals surface area (Å²) in [5.74, 6) is 0.626. The molecular formula is C16H14ClNOS. The molecule has 1 amide bonds. The number of carbonyl (C=O) groups excluding carboxylic acids is 1. The van der Waals surface area contributed by atoms with Gasteiger partial charge in [-0.3, -0.25) is 4.79 Å². The van der Waals surface area contributed by atoms with Crippen LogP contribution in [0.1, 0.15) is 10.4 Å². The van der Waals surface area contributed by atoms with Crippen LogP contribution in [0.25, 0.3) is 0 Å². The highest BCUT2D eigenvalue weighted by molar-refractivity contribution is 7.99. The first-order chi connectivity index (χ1) is 9.70. The molecule has 0 fully saturated rings. The van der Waals surface area contributed by atoms with E-state index in [2.05, 4.69) is 11.9 Å². The fourth-order valence-electron chi connectivity index (χ4n) is 1.69. The quantitative estimate of drug-likeness (QED) is 0.630. The maximum absolute atomic E-state index is 12.3. The first kappa shape index (κ1) is 14.7. The summed E-state index contributed by atoms with van der Waals surface area (Å²) in [6.45, 7) is 3.69. The second kappa shape index (κ2) is 7.17. The lowest BCUT2D eigenvalue weighted by molar-refractivity contribution is 0.102. The number of nitrogens with one attached hydrogen (secondary N) is 1. The Hall–Kier alpha value is -1.71. The molecule has 0 atom stereocenters. The van der Waals surface area contributed by atoms with Gasteiger partial charge < -0.3 is 5.32 Å². The SMILES string of the molecule is C=CCSc1ccccc1C(=O)Nc1cccc(Cl)c1. The van der Waals surface area contributed by atoms with Crippen LogP contribution < -0.4 is 5.32 Å². The summed E-state index contributed by atoms with van der Waals surface area (Å²) in [4.78, 5) is 13.3. The Morgan fingerprint density at radius 2 is 2.05 bits per heavy atom. The summed E-state index contributed by atoms with van der Waals surface area (Å²) in [6.07, 6.45) is 1.82. The molecule has 2 rings (SSSR count). The van der Waals surface area contributed by atoms with E-state index < -0.39 is 0 Å². The Morgan fingerprint density at radius 1 is 1.25 bits per heavy atom. The monoisotopic (exact) mass is 303 g/mol. The largest absolute Gasteiger partial charge is 0.322 e. The Morgan fingerprint density at radius 3 is 2.80 bits per heavy atom. The molecule has 1 N–H and O–H groups in total. The molecule has 20 heavy (non-hydrogen) atoms. The van der Waals surface area contributed by atoms with E-state index in [1.165, 1.54) is 0 Å². The zero-order chi connectivity index (χ0) is 14.4. The minimum Gasteiger partial charge on any atom is -0.322 e. The molecule has 2 aromatic rings. The van der Waals surface area contributed by atoms with Gasteiger partial charge in [0.1, 0.15) is 0 Å². The van der Waals surface area contributed by atoms with Crippen molar-refractivity contribution in [3.63, 3.8) is 0 Å². The Kier molecular flexibility index (Phi) is 5.27. The van der Waals surface area contributed by atoms with E-state index in [9.17, 15) is 4.79 Å². The number of carbonyl (C=O) groups is 1. The van der Waals surface area contributed by atoms with E-state index in [-0.39, 0.29) is 5.91 Å². The molecule has 0 bridgehead atoms. The first-order valence-electron chi connectivity index (χ1n) is 6.10. The van der Waals surface area contributed by atoms with Gasteiger partial charge in [0, 0.05) is 21.4 Å². The number of hydrogen-bond donors (Lipinski definition) is 1. The van der Waals surface area contributed by atoms with Gasteiger partial charge in [0.25, 0.3) is 5.91 Å². The van der Waals surface area contributed by atoms with Gasteiger partial charge in [-0.1, -0.05) is 35.9 Å². The van der Waals surface area contributed by atoms with Crippen molar-refractivity contribution in [3.8, 4) is 0 Å². The van der Waals surface area contributed by atoms with Crippen LogP contribution in [0.5, 0.6) is 0 Å². The Balaban J connectivity index is 2.18. The third kappa shape index (κ3) is 3.89. The van der Waals surface area contributed by atoms with Gasteiger partial charge in [-0.05, 0) is 30.3 Å². The number of anilines is 1. The van der Waals surface area contributed by atoms with Crippen LogP contribution in [-0.2, 0) is 0 Å². The highest BCUT2D eigenvalue weighted by Gasteiger charge is 2.11. The van der Waals surface area contributed by atoms with Crippen LogP contribution in [0.3, 0.4) is 0 Å². The molecule has 2 aromatic carbocycles. The Labute approximate surface area is 127 Å². The van der Waals surface area contributed by atoms with Crippen molar-refractivity contribution in [2.45, 2.75) is 4.90 Å². The van der Waals surface area contributed by atoms with E-state index in [1.54, 1.807) is 30.0 Å². The molecule has 0 heterocycles. The first-order valence-corrected chi connectivity index (χ1v) is 7.46. The third-order valence-corrected chi connectivity index (χ3v) is 3.88. The van der Waals surface area contributed by atoms with Crippen LogP contribution >= 0.6 is 23.4 Å². The van der Waals surface area contributed by atoms with Crippen molar-refractivity contribution >= 4 is 35.0 Å². The second-order valence-electron chi connectivity index (χ2n) is 4.06. The van der Waals surface area contributed by atoms with Gasteiger partial charge in [0.15, 0.2) is 0 Å². The van der Waals surface area contributed by atoms with E-state index in [0.717, 1.165) is 10.6 Å². The van der Waals surface area contributed by atoms with E-state index in [0.29, 0.717) is 16.3 Å². The predicted octanol–water partition coefficient (Wildman–Crippen LogP) is 4.87. The van der Waals surface area contributed by atoms with E-state index in [4.69, 9.17) is 11.6 Å². The van der Waals surface area contributed by atoms with Crippen molar-refractivity contribution in [3.05, 3.63) is 71.8 Å². The van der Waals surface area contributed by atoms with Crippen LogP contribution in [0.15, 0.2) is 66.1 Å². The smallest absolute Gasteiger partial charge is 0.256 e. The fraction of sp³-hybridized carbons (Fsp3) is 0.0625. The standard InChI is InChI=1S/C16H14ClNOS/c1-2-10-20-15-9-4-3-8-14(15)16(19)18-13-7-5-6-12(17)11-13/h2-9,11H,1,10H2,(H,18,19). The molecule has 4 heteroatoms. The van der Waals surface area contributed by atoms with Crippen molar-refractivity contribution < 1.29 is 4.79 Å². The number of amides is 1. The van der Waals surface area contributed by atoms with Gasteiger partial charge >= 0.3 is 0 Å². The lowest BCUT2D eigenvalue weighted by atomic mass is 10.2. The number of thioether (sulfide) groups is 1. The normalized spacial score (nSPS) is 10.1. The number of rotatable bonds is 5. The topological polar surface area (TPSA) is 29.1 Å². The van der Waals surface area contributed by atoms with Crippen molar-refractivity contribution in [1.82, 2.24) is 0 Å². The lowest BCUT2D eigenvalue weighted by Gasteiger charge is -2.09. The minimum atomic E-state index is -0.139. The van der Waals surface area contributed by atoms with Crippen LogP contribution in [0, 0.1) is 0 Å². The number of hydrogen-bond acceptors (Lipinski definition) is 2. The van der Waals surface area contributed by atoms with Gasteiger partial charge in [-0.25, -0.2) is 0 Å². The third-order valence-electron chi connectivity index (χ3n) is 2.57. The molecule has 0 saturated carbocycles. The molecule has 0 aliphatic rings. The lowest BCUT2D eigenvalue weighted by Crippen LogP contribution is -2.12. The molecule has 0 radical (unpaired) electrons. The molecule has 0 aromatic heterocycles. The predicted molar refractivity (Wildman–Crippen MR) is 86.8 cm³/mol. The zero-order valence-corrected chi connectivity index (χ0v) is 12.4. The molecular weight excluding hydrogens is 290 g/mol. The summed E-state index contributed by atoms with van der Waals surface area (Å²) < 4.78 is 0. The maximum atomic E-state index is 12.3. The van der Waals surface area contributed by atoms with Gasteiger partial charge in [0.05, 0.1) is 5.56 Å². The molecule has 0 saturated heterocycles. The van der Waals surface area contributed by atoms with Gasteiger partial charge in [-0.2, -0.15) is 0 Å². The zero-order valence-electron chi connectivity index (χ0n) is 10.8. The van der Waals surface area contributed by atoms with Crippen LogP contribution in [-0.4, -0.2) is 11.7 Å². The summed E-state index contributed by atoms with van der Waals surface area (Å²) in [5.41, 5.74) is 1.34. The van der Waals surface area contributed by atoms with Gasteiger partial charge in [0.2, 0.25) is 0 Å². The average molecular weight is 304 g/mol. The molecule has 0 unspecified atom stereocenters. The maximum Gasteiger partial charge on any atom is 0.256 e. The van der Waals surface area contributed by atoms with Crippen molar-refractivity contribution in [2.24, 2.45) is 0 Å². The molecule has 0 aliphatic carbocycles. The van der Waals surface area contributed by atoms with E-state index in [1.807, 2.05) is 36.4 Å². The Bertz CT molecular complexity index is 627. The van der Waals surface area contributed by atoms with Crippen LogP contribution in [0.2, 0.25) is 5.02 Å². The van der Waals surface area contributed by atoms with Crippen LogP contribution in [0.4, 0.5) is 5.69 Å². The molecule has 0 spiro atoms. The highest BCUT2D eigenvalue weighted by atomic mass is 35.5. The number of benzene rings is 2. The average Bonchev–Trinajstić information content (AvgIpc) is 2.45. The second-order valence-corrected chi connectivity index (χ2v) is 5.56. The number of halogens is 1. The van der Waals surface area contributed by atoms with Crippen molar-refractivity contribution in [1.29, 1.82) is 0 Å². The molecule has 102 valence electrons. The highest BCUT2D eigenvalue weighted by Crippen LogP contribution is 2.24. The van der Waals surface area contributed by atoms with Gasteiger partial charge in [-0.15, -0.1) is 18.3 Å². The molecule has 0 aliphatic heterocycles.